The lowest BCUT2D eigenvalue weighted by atomic mass is 10.0. The molecule has 4 rings (SSSR count). The fraction of sp³-hybridized carbons (Fsp3) is 0.480. The van der Waals surface area contributed by atoms with Gasteiger partial charge in [-0.2, -0.15) is 0 Å². The van der Waals surface area contributed by atoms with Gasteiger partial charge in [-0.05, 0) is 31.9 Å². The van der Waals surface area contributed by atoms with Crippen LogP contribution in [0.25, 0.3) is 0 Å². The molecule has 0 aliphatic carbocycles. The van der Waals surface area contributed by atoms with Gasteiger partial charge in [-0.25, -0.2) is 19.6 Å². The lowest BCUT2D eigenvalue weighted by molar-refractivity contribution is -0.161. The van der Waals surface area contributed by atoms with Gasteiger partial charge in [-0.1, -0.05) is 30.3 Å². The topological polar surface area (TPSA) is 252 Å². The molecule has 0 saturated carbocycles. The summed E-state index contributed by atoms with van der Waals surface area (Å²) in [4.78, 5) is 67.0. The molecule has 0 spiro atoms. The van der Waals surface area contributed by atoms with E-state index < -0.39 is 52.6 Å². The second-order valence-corrected chi connectivity index (χ2v) is 13.3. The molecule has 3 atom stereocenters. The minimum Gasteiger partial charge on any atom is -0.478 e. The van der Waals surface area contributed by atoms with Crippen molar-refractivity contribution in [3.8, 4) is 0 Å². The highest BCUT2D eigenvalue weighted by molar-refractivity contribution is 8.14. The number of nitrogens with zero attached hydrogens (tertiary/aromatic N) is 5. The molecule has 1 aromatic heterocycles. The monoisotopic (exact) mass is 667 g/mol. The third kappa shape index (κ3) is 6.95. The fourth-order valence-corrected chi connectivity index (χ4v) is 7.36. The SMILES string of the molecule is CCCCN1C(SCC2=C(C(=O)O)N3C(=O)C(NC(=O)/C(=N\OC(C)(C)C(=O)O)c4csc(N)n4)[C@@H]3SC2)=NC(N)=CC1N. The third-order valence-corrected chi connectivity index (χ3v) is 9.79. The molecular weight excluding hydrogens is 635 g/mol. The minimum absolute atomic E-state index is 0.0188. The Morgan fingerprint density at radius 3 is 2.64 bits per heavy atom. The Hall–Kier alpha value is -3.81. The van der Waals surface area contributed by atoms with E-state index in [2.05, 4.69) is 27.4 Å². The zero-order chi connectivity index (χ0) is 32.3. The number of unbranched alkanes of at least 4 members (excludes halogenated alkanes) is 1. The quantitative estimate of drug-likeness (QED) is 0.0999. The molecule has 1 aromatic rings. The van der Waals surface area contributed by atoms with Crippen molar-refractivity contribution in [1.82, 2.24) is 20.1 Å². The normalized spacial score (nSPS) is 22.1. The molecule has 2 unspecified atom stereocenters. The van der Waals surface area contributed by atoms with Gasteiger partial charge in [0.2, 0.25) is 5.60 Å². The van der Waals surface area contributed by atoms with Gasteiger partial charge in [0, 0.05) is 23.4 Å². The standard InChI is InChI=1S/C25H33N9O7S3/c1-4-5-6-33-14(27)7-13(26)30-24(33)44-9-11-8-42-20-16(19(36)34(20)17(11)21(37)38)31-18(35)15(12-10-43-23(28)29-12)32-41-25(2,3)22(39)40/h7,10,14,16,20H,4-6,8-9,26-27H2,1-3H3,(H2,28,29)(H,31,35)(H,37,38)(H,39,40)/b32-15-/t14?,16?,20-/m0/s1. The van der Waals surface area contributed by atoms with Gasteiger partial charge >= 0.3 is 11.9 Å². The highest BCUT2D eigenvalue weighted by atomic mass is 32.2. The second-order valence-electron chi connectivity index (χ2n) is 10.3. The number of hydrogen-bond acceptors (Lipinski definition) is 15. The molecule has 44 heavy (non-hydrogen) atoms. The number of carboxylic acids is 2. The predicted molar refractivity (Wildman–Crippen MR) is 167 cm³/mol. The number of thiazole rings is 1. The Kier molecular flexibility index (Phi) is 10.1. The number of amides is 2. The first-order chi connectivity index (χ1) is 20.7. The molecule has 1 saturated heterocycles. The zero-order valence-corrected chi connectivity index (χ0v) is 26.5. The summed E-state index contributed by atoms with van der Waals surface area (Å²) in [6.45, 7) is 5.20. The van der Waals surface area contributed by atoms with E-state index in [1.165, 1.54) is 42.8 Å². The van der Waals surface area contributed by atoms with Crippen molar-refractivity contribution in [2.75, 3.05) is 23.8 Å². The number of amidine groups is 1. The second kappa shape index (κ2) is 13.4. The number of nitrogens with two attached hydrogens (primary N) is 3. The molecule has 16 nitrogen and oxygen atoms in total. The molecular formula is C25H33N9O7S3. The molecule has 4 heterocycles. The average molecular weight is 668 g/mol. The summed E-state index contributed by atoms with van der Waals surface area (Å²) in [6, 6.07) is -1.08. The van der Waals surface area contributed by atoms with Crippen LogP contribution >= 0.6 is 34.9 Å². The van der Waals surface area contributed by atoms with Crippen LogP contribution in [0.2, 0.25) is 0 Å². The first kappa shape index (κ1) is 33.1. The van der Waals surface area contributed by atoms with Crippen LogP contribution in [-0.2, 0) is 24.0 Å². The van der Waals surface area contributed by atoms with Crippen molar-refractivity contribution in [1.29, 1.82) is 0 Å². The Bertz CT molecular complexity index is 1470. The molecule has 3 aliphatic rings. The van der Waals surface area contributed by atoms with E-state index in [4.69, 9.17) is 22.0 Å². The third-order valence-electron chi connectivity index (χ3n) is 6.70. The molecule has 0 aromatic carbocycles. The Balaban J connectivity index is 1.51. The van der Waals surface area contributed by atoms with Gasteiger partial charge in [0.25, 0.3) is 11.8 Å². The van der Waals surface area contributed by atoms with Gasteiger partial charge in [0.1, 0.15) is 34.8 Å². The lowest BCUT2D eigenvalue weighted by Crippen LogP contribution is -2.71. The van der Waals surface area contributed by atoms with E-state index in [9.17, 15) is 29.4 Å². The van der Waals surface area contributed by atoms with E-state index in [-0.39, 0.29) is 33.8 Å². The molecule has 9 N–H and O–H groups in total. The number of fused-ring (bicyclic) bond motifs is 1. The van der Waals surface area contributed by atoms with E-state index in [1.807, 2.05) is 4.90 Å². The largest absolute Gasteiger partial charge is 0.478 e. The molecule has 2 amide bonds. The van der Waals surface area contributed by atoms with Gasteiger partial charge < -0.3 is 42.5 Å². The number of hydrogen-bond donors (Lipinski definition) is 6. The van der Waals surface area contributed by atoms with Crippen molar-refractivity contribution >= 4 is 74.6 Å². The van der Waals surface area contributed by atoms with Crippen LogP contribution in [0.4, 0.5) is 5.13 Å². The van der Waals surface area contributed by atoms with Crippen molar-refractivity contribution in [3.63, 3.8) is 0 Å². The Morgan fingerprint density at radius 1 is 1.30 bits per heavy atom. The predicted octanol–water partition coefficient (Wildman–Crippen LogP) is 0.338. The first-order valence-electron chi connectivity index (χ1n) is 13.4. The van der Waals surface area contributed by atoms with Gasteiger partial charge in [-0.3, -0.25) is 14.5 Å². The number of nitrogens with one attached hydrogen (secondary N) is 1. The van der Waals surface area contributed by atoms with Gasteiger partial charge in [0.15, 0.2) is 16.0 Å². The van der Waals surface area contributed by atoms with Crippen molar-refractivity contribution in [2.24, 2.45) is 21.6 Å². The minimum atomic E-state index is -1.77. The average Bonchev–Trinajstić information content (AvgIpc) is 3.38. The van der Waals surface area contributed by atoms with E-state index in [0.29, 0.717) is 17.3 Å². The Labute approximate surface area is 264 Å². The summed E-state index contributed by atoms with van der Waals surface area (Å²) in [5.74, 6) is -3.34. The number of oxime groups is 1. The van der Waals surface area contributed by atoms with Crippen LogP contribution in [0.15, 0.2) is 38.7 Å². The van der Waals surface area contributed by atoms with Crippen LogP contribution in [0, 0.1) is 0 Å². The van der Waals surface area contributed by atoms with Crippen molar-refractivity contribution in [3.05, 3.63) is 34.2 Å². The summed E-state index contributed by atoms with van der Waals surface area (Å²) in [5, 5.41) is 27.2. The number of aromatic nitrogens is 1. The smallest absolute Gasteiger partial charge is 0.352 e. The summed E-state index contributed by atoms with van der Waals surface area (Å²) in [7, 11) is 0. The number of aliphatic carboxylic acids is 2. The summed E-state index contributed by atoms with van der Waals surface area (Å²) in [5.41, 5.74) is 16.1. The summed E-state index contributed by atoms with van der Waals surface area (Å²) in [6.07, 6.45) is 3.01. The summed E-state index contributed by atoms with van der Waals surface area (Å²) < 4.78 is 0. The number of carboxylic acid groups (broad SMARTS) is 2. The number of rotatable bonds is 12. The fourth-order valence-electron chi connectivity index (χ4n) is 4.25. The molecule has 1 fully saturated rings. The molecule has 3 aliphatic heterocycles. The Morgan fingerprint density at radius 2 is 2.02 bits per heavy atom. The lowest BCUT2D eigenvalue weighted by Gasteiger charge is -2.49. The zero-order valence-electron chi connectivity index (χ0n) is 24.1. The number of anilines is 1. The molecule has 238 valence electrons. The van der Waals surface area contributed by atoms with Gasteiger partial charge in [-0.15, -0.1) is 23.1 Å². The van der Waals surface area contributed by atoms with Crippen LogP contribution in [-0.4, -0.2) is 101 Å². The van der Waals surface area contributed by atoms with E-state index in [0.717, 1.165) is 29.1 Å². The van der Waals surface area contributed by atoms with Crippen LogP contribution < -0.4 is 22.5 Å². The van der Waals surface area contributed by atoms with Crippen molar-refractivity contribution in [2.45, 2.75) is 56.8 Å². The maximum atomic E-state index is 13.3. The van der Waals surface area contributed by atoms with Crippen LogP contribution in [0.3, 0.4) is 0 Å². The van der Waals surface area contributed by atoms with E-state index in [1.54, 1.807) is 6.08 Å². The number of aliphatic imine (C=N–C) groups is 1. The van der Waals surface area contributed by atoms with Crippen LogP contribution in [0.1, 0.15) is 39.3 Å². The maximum Gasteiger partial charge on any atom is 0.352 e. The number of carbonyl (C=O) groups is 4. The van der Waals surface area contributed by atoms with Crippen molar-refractivity contribution < 1.29 is 34.2 Å². The number of thioether (sulfide) groups is 2. The maximum absolute atomic E-state index is 13.3. The highest BCUT2D eigenvalue weighted by Crippen LogP contribution is 2.41. The van der Waals surface area contributed by atoms with E-state index >= 15 is 0 Å². The number of nitrogen functional groups attached to an aromatic ring is 1. The number of β-lactam (4-membered cyclic amide) rings is 1. The highest BCUT2D eigenvalue weighted by Gasteiger charge is 2.54. The first-order valence-corrected chi connectivity index (χ1v) is 16.3. The van der Waals surface area contributed by atoms with Gasteiger partial charge in [0.05, 0.1) is 0 Å². The van der Waals surface area contributed by atoms with Crippen LogP contribution in [0.5, 0.6) is 0 Å². The molecule has 0 bridgehead atoms. The molecule has 0 radical (unpaired) electrons. The molecule has 19 heteroatoms. The number of carbonyl (C=O) groups excluding carboxylic acids is 2. The summed E-state index contributed by atoms with van der Waals surface area (Å²) >= 11 is 3.60.